The largest absolute Gasteiger partial charge is 0.388 e. The van der Waals surface area contributed by atoms with Crippen LogP contribution in [0, 0.1) is 0 Å². The maximum absolute atomic E-state index is 14.2. The minimum absolute atomic E-state index is 0.0570. The number of carbonyl (C=O) groups is 1. The predicted octanol–water partition coefficient (Wildman–Crippen LogP) is 7.53. The van der Waals surface area contributed by atoms with Gasteiger partial charge in [-0.1, -0.05) is 102 Å². The molecule has 0 aliphatic heterocycles. The zero-order valence-corrected chi connectivity index (χ0v) is 21.9. The molecule has 3 nitrogen and oxygen atoms in total. The normalized spacial score (nSPS) is 13.5. The summed E-state index contributed by atoms with van der Waals surface area (Å²) in [5.41, 5.74) is 4.52. The van der Waals surface area contributed by atoms with Crippen LogP contribution >= 0.6 is 0 Å². The molecule has 34 heavy (non-hydrogen) atoms. The molecule has 0 radical (unpaired) electrons. The Balaban J connectivity index is 2.07. The van der Waals surface area contributed by atoms with Crippen LogP contribution in [0.4, 0.5) is 0 Å². The first-order valence-electron chi connectivity index (χ1n) is 12.1. The number of aliphatic hydroxyl groups is 1. The molecular formula is C30H36O3S. The molecule has 0 saturated carbocycles. The van der Waals surface area contributed by atoms with Crippen molar-refractivity contribution in [3.05, 3.63) is 94.5 Å². The fourth-order valence-electron chi connectivity index (χ4n) is 4.17. The van der Waals surface area contributed by atoms with E-state index in [1.807, 2.05) is 36.4 Å². The summed E-state index contributed by atoms with van der Waals surface area (Å²) in [5.74, 6) is 0.634. The van der Waals surface area contributed by atoms with Crippen molar-refractivity contribution in [2.24, 2.45) is 0 Å². The van der Waals surface area contributed by atoms with Crippen LogP contribution in [0.1, 0.15) is 104 Å². The van der Waals surface area contributed by atoms with Crippen molar-refractivity contribution in [2.45, 2.75) is 81.6 Å². The van der Waals surface area contributed by atoms with E-state index < -0.39 is 16.9 Å². The second-order valence-electron chi connectivity index (χ2n) is 9.81. The highest BCUT2D eigenvalue weighted by Crippen LogP contribution is 2.38. The lowest BCUT2D eigenvalue weighted by molar-refractivity contribution is 0.0876. The molecule has 0 saturated heterocycles. The molecule has 0 amide bonds. The molecule has 0 bridgehead atoms. The molecule has 1 N–H and O–H groups in total. The van der Waals surface area contributed by atoms with Gasteiger partial charge in [0.15, 0.2) is 5.78 Å². The summed E-state index contributed by atoms with van der Waals surface area (Å²) >= 11 is 0. The minimum Gasteiger partial charge on any atom is -0.388 e. The first kappa shape index (κ1) is 26.1. The van der Waals surface area contributed by atoms with Gasteiger partial charge in [0.2, 0.25) is 0 Å². The second kappa shape index (κ2) is 11.2. The third kappa shape index (κ3) is 5.73. The van der Waals surface area contributed by atoms with E-state index in [-0.39, 0.29) is 24.0 Å². The first-order valence-corrected chi connectivity index (χ1v) is 13.2. The summed E-state index contributed by atoms with van der Waals surface area (Å²) in [6, 6.07) is 20.6. The zero-order valence-electron chi connectivity index (χ0n) is 21.0. The summed E-state index contributed by atoms with van der Waals surface area (Å²) in [6.07, 6.45) is -1.09. The lowest BCUT2D eigenvalue weighted by atomic mass is 9.89. The Kier molecular flexibility index (Phi) is 8.62. The number of hydrogen-bond acceptors (Lipinski definition) is 3. The van der Waals surface area contributed by atoms with E-state index >= 15 is 0 Å². The molecule has 0 fully saturated rings. The molecular weight excluding hydrogens is 440 g/mol. The van der Waals surface area contributed by atoms with Crippen molar-refractivity contribution in [2.75, 3.05) is 0 Å². The Bertz CT molecular complexity index is 1130. The molecule has 0 heterocycles. The van der Waals surface area contributed by atoms with Crippen LogP contribution in [0.15, 0.2) is 76.5 Å². The first-order chi connectivity index (χ1) is 16.1. The topological polar surface area (TPSA) is 54.4 Å². The maximum atomic E-state index is 14.2. The van der Waals surface area contributed by atoms with Crippen LogP contribution in [0.25, 0.3) is 0 Å². The van der Waals surface area contributed by atoms with Gasteiger partial charge < -0.3 is 5.11 Å². The predicted molar refractivity (Wildman–Crippen MR) is 140 cm³/mol. The highest BCUT2D eigenvalue weighted by molar-refractivity contribution is 7.85. The molecule has 3 aromatic carbocycles. The molecule has 4 heteroatoms. The van der Waals surface area contributed by atoms with Gasteiger partial charge in [-0.15, -0.1) is 0 Å². The van der Waals surface area contributed by atoms with E-state index in [2.05, 4.69) is 53.7 Å². The number of hydrogen-bond donors (Lipinski definition) is 1. The van der Waals surface area contributed by atoms with E-state index in [0.29, 0.717) is 21.9 Å². The molecule has 180 valence electrons. The number of Topliss-reactive ketones (excluding diaryl/α,β-unsaturated/α-hetero) is 1. The van der Waals surface area contributed by atoms with Gasteiger partial charge >= 0.3 is 0 Å². The van der Waals surface area contributed by atoms with Crippen molar-refractivity contribution in [3.63, 3.8) is 0 Å². The zero-order chi connectivity index (χ0) is 25.0. The number of aliphatic hydroxyl groups excluding tert-OH is 1. The van der Waals surface area contributed by atoms with Crippen molar-refractivity contribution in [1.29, 1.82) is 0 Å². The molecule has 3 aromatic rings. The molecule has 2 atom stereocenters. The summed E-state index contributed by atoms with van der Waals surface area (Å²) in [4.78, 5) is 14.1. The van der Waals surface area contributed by atoms with Crippen LogP contribution in [0.2, 0.25) is 0 Å². The average Bonchev–Trinajstić information content (AvgIpc) is 2.83. The van der Waals surface area contributed by atoms with Crippen molar-refractivity contribution < 1.29 is 14.1 Å². The second-order valence-corrected chi connectivity index (χ2v) is 11.2. The van der Waals surface area contributed by atoms with Gasteiger partial charge in [-0.3, -0.25) is 4.79 Å². The number of ketones is 1. The van der Waals surface area contributed by atoms with Gasteiger partial charge in [-0.25, -0.2) is 4.21 Å². The minimum atomic E-state index is -1.50. The van der Waals surface area contributed by atoms with Crippen molar-refractivity contribution >= 4 is 16.6 Å². The van der Waals surface area contributed by atoms with Crippen LogP contribution in [0.5, 0.6) is 0 Å². The fourth-order valence-corrected chi connectivity index (χ4v) is 6.02. The summed E-state index contributed by atoms with van der Waals surface area (Å²) in [6.45, 7) is 12.9. The number of rotatable bonds is 9. The van der Waals surface area contributed by atoms with Gasteiger partial charge in [0.05, 0.1) is 21.8 Å². The SMILES string of the molecule is CC(C)c1cc(C(C)C)c(S(=O)c2ccccc2[C@H](O)CC(=O)c2ccccc2)c(C(C)C)c1. The van der Waals surface area contributed by atoms with Gasteiger partial charge in [0.1, 0.15) is 0 Å². The standard InChI is InChI=1S/C30H36O3S/c1-19(2)23-16-25(20(3)4)30(26(17-23)21(5)6)34(33)29-15-11-10-14-24(29)28(32)18-27(31)22-12-8-7-9-13-22/h7-17,19-21,28,32H,18H2,1-6H3/t28-,34?/m1/s1. The number of carbonyl (C=O) groups excluding carboxylic acids is 1. The third-order valence-electron chi connectivity index (χ3n) is 6.22. The Labute approximate surface area is 206 Å². The summed E-state index contributed by atoms with van der Waals surface area (Å²) in [5, 5.41) is 11.0. The van der Waals surface area contributed by atoms with E-state index in [0.717, 1.165) is 16.0 Å². The van der Waals surface area contributed by atoms with Crippen LogP contribution in [-0.4, -0.2) is 15.1 Å². The highest BCUT2D eigenvalue weighted by Gasteiger charge is 2.26. The van der Waals surface area contributed by atoms with E-state index in [4.69, 9.17) is 0 Å². The van der Waals surface area contributed by atoms with E-state index in [9.17, 15) is 14.1 Å². The molecule has 3 rings (SSSR count). The lowest BCUT2D eigenvalue weighted by Gasteiger charge is -2.23. The van der Waals surface area contributed by atoms with Crippen LogP contribution in [0.3, 0.4) is 0 Å². The van der Waals surface area contributed by atoms with Crippen LogP contribution in [-0.2, 0) is 10.8 Å². The average molecular weight is 477 g/mol. The molecule has 0 aliphatic carbocycles. The third-order valence-corrected chi connectivity index (χ3v) is 7.83. The van der Waals surface area contributed by atoms with Gasteiger partial charge in [0.25, 0.3) is 0 Å². The number of benzene rings is 3. The maximum Gasteiger partial charge on any atom is 0.165 e. The molecule has 1 unspecified atom stereocenters. The quantitative estimate of drug-likeness (QED) is 0.325. The smallest absolute Gasteiger partial charge is 0.165 e. The van der Waals surface area contributed by atoms with E-state index in [1.54, 1.807) is 18.2 Å². The lowest BCUT2D eigenvalue weighted by Crippen LogP contribution is -2.13. The molecule has 0 spiro atoms. The summed E-state index contributed by atoms with van der Waals surface area (Å²) in [7, 11) is -1.50. The fraction of sp³-hybridized carbons (Fsp3) is 0.367. The Hall–Kier alpha value is -2.56. The van der Waals surface area contributed by atoms with Gasteiger partial charge in [-0.2, -0.15) is 0 Å². The van der Waals surface area contributed by atoms with Crippen molar-refractivity contribution in [1.82, 2.24) is 0 Å². The van der Waals surface area contributed by atoms with E-state index in [1.165, 1.54) is 5.56 Å². The van der Waals surface area contributed by atoms with Crippen LogP contribution < -0.4 is 0 Å². The Morgan fingerprint density at radius 1 is 0.765 bits per heavy atom. The van der Waals surface area contributed by atoms with Gasteiger partial charge in [0, 0.05) is 16.9 Å². The van der Waals surface area contributed by atoms with Crippen molar-refractivity contribution in [3.8, 4) is 0 Å². The highest BCUT2D eigenvalue weighted by atomic mass is 32.2. The Morgan fingerprint density at radius 2 is 1.29 bits per heavy atom. The van der Waals surface area contributed by atoms with Gasteiger partial charge in [-0.05, 0) is 46.1 Å². The molecule has 0 aliphatic rings. The Morgan fingerprint density at radius 3 is 1.82 bits per heavy atom. The summed E-state index contributed by atoms with van der Waals surface area (Å²) < 4.78 is 14.2. The molecule has 0 aromatic heterocycles. The monoisotopic (exact) mass is 476 g/mol.